The fraction of sp³-hybridized carbons (Fsp3) is 0.143. The fourth-order valence-corrected chi connectivity index (χ4v) is 0.689. The summed E-state index contributed by atoms with van der Waals surface area (Å²) in [5.74, 6) is 0. The number of hydrogen-bond acceptors (Lipinski definition) is 1. The lowest BCUT2D eigenvalue weighted by atomic mass is 10.3. The predicted octanol–water partition coefficient (Wildman–Crippen LogP) is 1.43. The van der Waals surface area contributed by atoms with Crippen LogP contribution < -0.4 is 0 Å². The van der Waals surface area contributed by atoms with Crippen LogP contribution in [0.15, 0.2) is 12.1 Å². The molecule has 1 nitrogen and oxygen atoms in total. The highest BCUT2D eigenvalue weighted by atomic mass is 35.5. The van der Waals surface area contributed by atoms with E-state index < -0.39 is 0 Å². The maximum absolute atomic E-state index is 8.58. The van der Waals surface area contributed by atoms with Gasteiger partial charge in [0.25, 0.3) is 0 Å². The lowest BCUT2D eigenvalue weighted by Crippen LogP contribution is -1.79. The van der Waals surface area contributed by atoms with Crippen LogP contribution in [0.4, 0.5) is 0 Å². The van der Waals surface area contributed by atoms with E-state index in [9.17, 15) is 0 Å². The highest BCUT2D eigenvalue weighted by Gasteiger charge is 1.92. The third kappa shape index (κ3) is 1.35. The van der Waals surface area contributed by atoms with Crippen LogP contribution in [0.1, 0.15) is 5.56 Å². The minimum Gasteiger partial charge on any atom is -0.391 e. The molecule has 1 aromatic rings. The minimum atomic E-state index is -0.0732. The van der Waals surface area contributed by atoms with Gasteiger partial charge in [0.1, 0.15) is 0 Å². The lowest BCUT2D eigenvalue weighted by molar-refractivity contribution is 0.282. The van der Waals surface area contributed by atoms with E-state index in [1.807, 2.05) is 0 Å². The van der Waals surface area contributed by atoms with Gasteiger partial charge in [0.2, 0.25) is 0 Å². The van der Waals surface area contributed by atoms with E-state index in [4.69, 9.17) is 16.7 Å². The predicted molar refractivity (Wildman–Crippen MR) is 35.0 cm³/mol. The maximum Gasteiger partial charge on any atom is 0.0775 e. The molecule has 0 atom stereocenters. The number of rotatable bonds is 1. The fourth-order valence-electron chi connectivity index (χ4n) is 0.519. The van der Waals surface area contributed by atoms with Crippen molar-refractivity contribution in [2.75, 3.05) is 0 Å². The molecule has 0 heterocycles. The zero-order valence-corrected chi connectivity index (χ0v) is 5.44. The quantitative estimate of drug-likeness (QED) is 0.626. The Morgan fingerprint density at radius 1 is 1.67 bits per heavy atom. The second kappa shape index (κ2) is 2.72. The van der Waals surface area contributed by atoms with Gasteiger partial charge in [-0.15, -0.1) is 0 Å². The highest BCUT2D eigenvalue weighted by Crippen LogP contribution is 2.10. The summed E-state index contributed by atoms with van der Waals surface area (Å²) in [6.07, 6.45) is 0. The molecule has 0 aliphatic heterocycles. The Labute approximate surface area is 58.9 Å². The Balaban J connectivity index is 3.01. The number of halogens is 1. The Hall–Kier alpha value is -0.710. The van der Waals surface area contributed by atoms with E-state index >= 15 is 0 Å². The lowest BCUT2D eigenvalue weighted by Gasteiger charge is -1.90. The molecule has 0 bridgehead atoms. The van der Waals surface area contributed by atoms with Gasteiger partial charge in [-0.2, -0.15) is 0 Å². The smallest absolute Gasteiger partial charge is 0.0775 e. The molecule has 0 radical (unpaired) electrons. The van der Waals surface area contributed by atoms with Crippen molar-refractivity contribution in [3.63, 3.8) is 0 Å². The van der Waals surface area contributed by atoms with Crippen molar-refractivity contribution in [1.29, 1.82) is 0 Å². The van der Waals surface area contributed by atoms with Gasteiger partial charge in [-0.3, -0.25) is 0 Å². The zero-order chi connectivity index (χ0) is 6.69. The van der Waals surface area contributed by atoms with Crippen LogP contribution in [0.5, 0.6) is 0 Å². The molecule has 1 rings (SSSR count). The number of aliphatic hydroxyl groups is 1. The molecule has 46 valence electrons. The van der Waals surface area contributed by atoms with Crippen LogP contribution in [-0.2, 0) is 6.61 Å². The van der Waals surface area contributed by atoms with Crippen LogP contribution in [0, 0.1) is 12.1 Å². The molecule has 1 aromatic carbocycles. The van der Waals surface area contributed by atoms with E-state index in [1.165, 1.54) is 0 Å². The number of hydrogen-bond donors (Lipinski definition) is 1. The Bertz CT molecular complexity index is 198. The topological polar surface area (TPSA) is 20.2 Å². The Morgan fingerprint density at radius 3 is 2.89 bits per heavy atom. The van der Waals surface area contributed by atoms with Gasteiger partial charge in [0.05, 0.1) is 11.6 Å². The third-order valence-corrected chi connectivity index (χ3v) is 1.34. The summed E-state index contributed by atoms with van der Waals surface area (Å²) in [5.41, 5.74) is 0.596. The van der Waals surface area contributed by atoms with Crippen molar-refractivity contribution in [3.05, 3.63) is 34.9 Å². The average Bonchev–Trinajstić information content (AvgIpc) is 1.89. The molecule has 0 fully saturated rings. The molecule has 9 heavy (non-hydrogen) atoms. The highest BCUT2D eigenvalue weighted by molar-refractivity contribution is 6.31. The summed E-state index contributed by atoms with van der Waals surface area (Å²) < 4.78 is 0. The molecule has 1 N–H and O–H groups in total. The maximum atomic E-state index is 8.58. The summed E-state index contributed by atoms with van der Waals surface area (Å²) in [7, 11) is 0. The molecule has 0 unspecified atom stereocenters. The molecule has 0 amide bonds. The van der Waals surface area contributed by atoms with Crippen LogP contribution in [0.25, 0.3) is 0 Å². The summed E-state index contributed by atoms with van der Waals surface area (Å²) in [5, 5.41) is 9.12. The van der Waals surface area contributed by atoms with Crippen molar-refractivity contribution >= 4 is 11.6 Å². The molecule has 0 aromatic heterocycles. The summed E-state index contributed by atoms with van der Waals surface area (Å²) in [6, 6.07) is 8.69. The van der Waals surface area contributed by atoms with E-state index in [1.54, 1.807) is 12.1 Å². The first kappa shape index (κ1) is 6.41. The molecule has 0 aliphatic carbocycles. The van der Waals surface area contributed by atoms with Crippen molar-refractivity contribution in [2.24, 2.45) is 0 Å². The van der Waals surface area contributed by atoms with E-state index in [0.29, 0.717) is 10.6 Å². The Morgan fingerprint density at radius 2 is 2.44 bits per heavy atom. The van der Waals surface area contributed by atoms with Gasteiger partial charge in [0, 0.05) is 5.56 Å². The normalized spacial score (nSPS) is 8.67. The van der Waals surface area contributed by atoms with Gasteiger partial charge < -0.3 is 5.11 Å². The zero-order valence-electron chi connectivity index (χ0n) is 4.69. The second-order valence-electron chi connectivity index (χ2n) is 1.59. The molecule has 0 spiro atoms. The van der Waals surface area contributed by atoms with E-state index in [2.05, 4.69) is 12.1 Å². The molecule has 0 aliphatic rings. The average molecular weight is 141 g/mol. The van der Waals surface area contributed by atoms with Crippen LogP contribution in [-0.4, -0.2) is 5.11 Å². The SMILES string of the molecule is OCc1c#cccc1Cl. The van der Waals surface area contributed by atoms with Crippen LogP contribution in [0.3, 0.4) is 0 Å². The van der Waals surface area contributed by atoms with Gasteiger partial charge in [0.15, 0.2) is 0 Å². The largest absolute Gasteiger partial charge is 0.391 e. The van der Waals surface area contributed by atoms with Gasteiger partial charge >= 0.3 is 0 Å². The first-order valence-corrected chi connectivity index (χ1v) is 2.90. The van der Waals surface area contributed by atoms with Gasteiger partial charge in [-0.05, 0) is 12.1 Å². The van der Waals surface area contributed by atoms with Gasteiger partial charge in [-0.25, -0.2) is 0 Å². The molecule has 0 saturated carbocycles. The van der Waals surface area contributed by atoms with Crippen molar-refractivity contribution in [2.45, 2.75) is 6.61 Å². The summed E-state index contributed by atoms with van der Waals surface area (Å²) in [6.45, 7) is -0.0732. The second-order valence-corrected chi connectivity index (χ2v) is 1.99. The monoisotopic (exact) mass is 140 g/mol. The number of aliphatic hydroxyl groups excluding tert-OH is 1. The Kier molecular flexibility index (Phi) is 1.94. The van der Waals surface area contributed by atoms with E-state index in [0.717, 1.165) is 0 Å². The van der Waals surface area contributed by atoms with Crippen LogP contribution in [0.2, 0.25) is 5.02 Å². The third-order valence-electron chi connectivity index (χ3n) is 0.982. The van der Waals surface area contributed by atoms with E-state index in [-0.39, 0.29) is 6.61 Å². The standard InChI is InChI=1S/C7H5ClO/c8-7-4-2-1-3-6(7)5-9/h2,4,9H,5H2. The molecular weight excluding hydrogens is 136 g/mol. The first-order chi connectivity index (χ1) is 4.34. The molecule has 0 saturated heterocycles. The van der Waals surface area contributed by atoms with Crippen molar-refractivity contribution in [1.82, 2.24) is 0 Å². The van der Waals surface area contributed by atoms with Crippen molar-refractivity contribution < 1.29 is 5.11 Å². The van der Waals surface area contributed by atoms with Crippen LogP contribution >= 0.6 is 11.6 Å². The molecule has 2 heteroatoms. The minimum absolute atomic E-state index is 0.0732. The molecular formula is C7H5ClO. The van der Waals surface area contributed by atoms with Gasteiger partial charge in [-0.1, -0.05) is 23.7 Å². The first-order valence-electron chi connectivity index (χ1n) is 2.52. The summed E-state index contributed by atoms with van der Waals surface area (Å²) >= 11 is 5.61. The van der Waals surface area contributed by atoms with Crippen molar-refractivity contribution in [3.8, 4) is 0 Å². The summed E-state index contributed by atoms with van der Waals surface area (Å²) in [4.78, 5) is 0.